The SMILES string of the molecule is CCNC(Cc1c(Br)c(C)nn1C)CC1CCS(=O)(=O)C1. The highest BCUT2D eigenvalue weighted by molar-refractivity contribution is 9.10. The lowest BCUT2D eigenvalue weighted by molar-refractivity contribution is 0.402. The van der Waals surface area contributed by atoms with Crippen LogP contribution in [0.2, 0.25) is 0 Å². The first kappa shape index (κ1) is 17.0. The largest absolute Gasteiger partial charge is 0.314 e. The summed E-state index contributed by atoms with van der Waals surface area (Å²) < 4.78 is 26.2. The first-order valence-corrected chi connectivity index (χ1v) is 10.1. The average Bonchev–Trinajstić information content (AvgIpc) is 2.84. The third-order valence-corrected chi connectivity index (χ3v) is 7.01. The van der Waals surface area contributed by atoms with Gasteiger partial charge in [0.2, 0.25) is 0 Å². The van der Waals surface area contributed by atoms with Crippen molar-refractivity contribution in [2.45, 2.75) is 39.2 Å². The second kappa shape index (κ2) is 6.79. The Labute approximate surface area is 135 Å². The molecule has 1 aromatic rings. The zero-order valence-electron chi connectivity index (χ0n) is 12.9. The predicted octanol–water partition coefficient (Wildman–Crippen LogP) is 1.84. The lowest BCUT2D eigenvalue weighted by Gasteiger charge is -2.21. The van der Waals surface area contributed by atoms with Crippen molar-refractivity contribution < 1.29 is 8.42 Å². The Balaban J connectivity index is 2.05. The Morgan fingerprint density at radius 3 is 2.71 bits per heavy atom. The van der Waals surface area contributed by atoms with Gasteiger partial charge >= 0.3 is 0 Å². The Morgan fingerprint density at radius 2 is 2.24 bits per heavy atom. The van der Waals surface area contributed by atoms with Gasteiger partial charge in [0.05, 0.1) is 27.4 Å². The lowest BCUT2D eigenvalue weighted by atomic mass is 9.96. The quantitative estimate of drug-likeness (QED) is 0.821. The van der Waals surface area contributed by atoms with E-state index in [2.05, 4.69) is 33.3 Å². The summed E-state index contributed by atoms with van der Waals surface area (Å²) in [5.41, 5.74) is 2.16. The molecule has 120 valence electrons. The molecule has 5 nitrogen and oxygen atoms in total. The molecular weight excluding hydrogens is 354 g/mol. The number of likely N-dealkylation sites (N-methyl/N-ethyl adjacent to an activating group) is 1. The van der Waals surface area contributed by atoms with Crippen LogP contribution in [0.25, 0.3) is 0 Å². The second-order valence-electron chi connectivity index (χ2n) is 5.93. The van der Waals surface area contributed by atoms with Crippen molar-refractivity contribution in [3.63, 3.8) is 0 Å². The fraction of sp³-hybridized carbons (Fsp3) is 0.786. The van der Waals surface area contributed by atoms with Crippen LogP contribution in [0.4, 0.5) is 0 Å². The topological polar surface area (TPSA) is 64.0 Å². The van der Waals surface area contributed by atoms with Gasteiger partial charge in [-0.1, -0.05) is 6.92 Å². The zero-order chi connectivity index (χ0) is 15.6. The summed E-state index contributed by atoms with van der Waals surface area (Å²) in [6.07, 6.45) is 2.57. The zero-order valence-corrected chi connectivity index (χ0v) is 15.3. The number of hydrogen-bond acceptors (Lipinski definition) is 4. The van der Waals surface area contributed by atoms with Gasteiger partial charge in [-0.05, 0) is 48.2 Å². The van der Waals surface area contributed by atoms with Crippen molar-refractivity contribution in [2.75, 3.05) is 18.1 Å². The van der Waals surface area contributed by atoms with E-state index in [-0.39, 0.29) is 5.92 Å². The van der Waals surface area contributed by atoms with E-state index in [1.54, 1.807) is 0 Å². The number of halogens is 1. The van der Waals surface area contributed by atoms with Crippen molar-refractivity contribution in [3.05, 3.63) is 15.9 Å². The second-order valence-corrected chi connectivity index (χ2v) is 8.95. The number of rotatable bonds is 6. The van der Waals surface area contributed by atoms with E-state index in [9.17, 15) is 8.42 Å². The van der Waals surface area contributed by atoms with Gasteiger partial charge in [0.15, 0.2) is 9.84 Å². The molecule has 0 amide bonds. The summed E-state index contributed by atoms with van der Waals surface area (Å²) in [7, 11) is -0.841. The minimum atomic E-state index is -2.80. The Morgan fingerprint density at radius 1 is 1.52 bits per heavy atom. The van der Waals surface area contributed by atoms with Crippen LogP contribution in [0.1, 0.15) is 31.2 Å². The lowest BCUT2D eigenvalue weighted by Crippen LogP contribution is -2.34. The standard InChI is InChI=1S/C14H24BrN3O2S/c1-4-16-12(7-11-5-6-21(19,20)9-11)8-13-14(15)10(2)17-18(13)3/h11-12,16H,4-9H2,1-3H3. The highest BCUT2D eigenvalue weighted by Gasteiger charge is 2.30. The average molecular weight is 378 g/mol. The van der Waals surface area contributed by atoms with Crippen molar-refractivity contribution in [2.24, 2.45) is 13.0 Å². The first-order chi connectivity index (χ1) is 9.82. The van der Waals surface area contributed by atoms with Crippen LogP contribution in [0.15, 0.2) is 4.47 Å². The first-order valence-electron chi connectivity index (χ1n) is 7.44. The molecule has 2 heterocycles. The molecule has 2 atom stereocenters. The number of hydrogen-bond donors (Lipinski definition) is 1. The molecule has 1 N–H and O–H groups in total. The minimum absolute atomic E-state index is 0.284. The summed E-state index contributed by atoms with van der Waals surface area (Å²) in [5.74, 6) is 0.984. The van der Waals surface area contributed by atoms with Crippen molar-refractivity contribution in [1.29, 1.82) is 0 Å². The van der Waals surface area contributed by atoms with Gasteiger partial charge in [-0.15, -0.1) is 0 Å². The summed E-state index contributed by atoms with van der Waals surface area (Å²) in [4.78, 5) is 0. The number of nitrogens with zero attached hydrogens (tertiary/aromatic N) is 2. The smallest absolute Gasteiger partial charge is 0.150 e. The molecule has 0 aromatic carbocycles. The molecule has 21 heavy (non-hydrogen) atoms. The molecule has 0 bridgehead atoms. The molecule has 1 aromatic heterocycles. The predicted molar refractivity (Wildman–Crippen MR) is 88.2 cm³/mol. The summed E-state index contributed by atoms with van der Waals surface area (Å²) in [6, 6.07) is 0.291. The number of aryl methyl sites for hydroxylation is 2. The van der Waals surface area contributed by atoms with Gasteiger partial charge < -0.3 is 5.32 Å². The maximum atomic E-state index is 11.6. The van der Waals surface area contributed by atoms with Gasteiger partial charge in [0.25, 0.3) is 0 Å². The van der Waals surface area contributed by atoms with Crippen molar-refractivity contribution in [3.8, 4) is 0 Å². The van der Waals surface area contributed by atoms with E-state index in [1.165, 1.54) is 5.69 Å². The van der Waals surface area contributed by atoms with Crippen LogP contribution >= 0.6 is 15.9 Å². The maximum absolute atomic E-state index is 11.6. The molecule has 1 aliphatic rings. The third kappa shape index (κ3) is 4.29. The van der Waals surface area contributed by atoms with E-state index in [1.807, 2.05) is 18.7 Å². The molecule has 0 radical (unpaired) electrons. The minimum Gasteiger partial charge on any atom is -0.314 e. The fourth-order valence-corrected chi connectivity index (χ4v) is 5.50. The van der Waals surface area contributed by atoms with E-state index in [0.29, 0.717) is 17.5 Å². The van der Waals surface area contributed by atoms with Crippen LogP contribution in [-0.4, -0.2) is 42.3 Å². The number of sulfone groups is 1. The summed E-state index contributed by atoms with van der Waals surface area (Å²) in [6.45, 7) is 4.96. The van der Waals surface area contributed by atoms with E-state index in [4.69, 9.17) is 0 Å². The molecule has 0 aliphatic carbocycles. The normalized spacial score (nSPS) is 22.6. The Hall–Kier alpha value is -0.400. The van der Waals surface area contributed by atoms with Crippen molar-refractivity contribution in [1.82, 2.24) is 15.1 Å². The molecular formula is C14H24BrN3O2S. The Kier molecular flexibility index (Phi) is 5.48. The highest BCUT2D eigenvalue weighted by atomic mass is 79.9. The van der Waals surface area contributed by atoms with E-state index < -0.39 is 9.84 Å². The molecule has 0 spiro atoms. The van der Waals surface area contributed by atoms with Crippen molar-refractivity contribution >= 4 is 25.8 Å². The van der Waals surface area contributed by atoms with Gasteiger partial charge in [-0.2, -0.15) is 5.10 Å². The molecule has 7 heteroatoms. The monoisotopic (exact) mass is 377 g/mol. The van der Waals surface area contributed by atoms with Crippen LogP contribution in [0.3, 0.4) is 0 Å². The fourth-order valence-electron chi connectivity index (χ4n) is 3.12. The van der Waals surface area contributed by atoms with E-state index in [0.717, 1.165) is 36.0 Å². The Bertz CT molecular complexity index is 598. The van der Waals surface area contributed by atoms with Crippen LogP contribution < -0.4 is 5.32 Å². The highest BCUT2D eigenvalue weighted by Crippen LogP contribution is 2.26. The van der Waals surface area contributed by atoms with Gasteiger partial charge in [0, 0.05) is 19.5 Å². The molecule has 1 fully saturated rings. The maximum Gasteiger partial charge on any atom is 0.150 e. The summed E-state index contributed by atoms with van der Waals surface area (Å²) in [5, 5.41) is 7.92. The van der Waals surface area contributed by atoms with Gasteiger partial charge in [-0.25, -0.2) is 8.42 Å². The molecule has 2 unspecified atom stereocenters. The molecule has 1 aliphatic heterocycles. The molecule has 0 saturated carbocycles. The molecule has 1 saturated heterocycles. The van der Waals surface area contributed by atoms with Gasteiger partial charge in [0.1, 0.15) is 0 Å². The van der Waals surface area contributed by atoms with Crippen LogP contribution in [0, 0.1) is 12.8 Å². The van der Waals surface area contributed by atoms with Crippen LogP contribution in [0.5, 0.6) is 0 Å². The number of aromatic nitrogens is 2. The van der Waals surface area contributed by atoms with E-state index >= 15 is 0 Å². The number of nitrogens with one attached hydrogen (secondary N) is 1. The molecule has 2 rings (SSSR count). The summed E-state index contributed by atoms with van der Waals surface area (Å²) >= 11 is 3.60. The van der Waals surface area contributed by atoms with Gasteiger partial charge in [-0.3, -0.25) is 4.68 Å². The third-order valence-electron chi connectivity index (χ3n) is 4.14. The van der Waals surface area contributed by atoms with Crippen LogP contribution in [-0.2, 0) is 23.3 Å².